The maximum Gasteiger partial charge on any atom is 0.253 e. The Morgan fingerprint density at radius 3 is 2.50 bits per heavy atom. The van der Waals surface area contributed by atoms with E-state index in [1.54, 1.807) is 19.2 Å². The molecule has 7 nitrogen and oxygen atoms in total. The fourth-order valence-corrected chi connectivity index (χ4v) is 4.47. The predicted molar refractivity (Wildman–Crippen MR) is 118 cm³/mol. The fourth-order valence-electron chi connectivity index (χ4n) is 3.54. The van der Waals surface area contributed by atoms with Crippen LogP contribution in [0.4, 0.5) is 5.69 Å². The summed E-state index contributed by atoms with van der Waals surface area (Å²) >= 11 is 0. The van der Waals surface area contributed by atoms with Crippen LogP contribution in [-0.4, -0.2) is 52.9 Å². The molecule has 0 radical (unpaired) electrons. The molecule has 8 heteroatoms. The molecule has 0 aromatic heterocycles. The lowest BCUT2D eigenvalue weighted by Crippen LogP contribution is -2.33. The van der Waals surface area contributed by atoms with Gasteiger partial charge in [-0.2, -0.15) is 0 Å². The van der Waals surface area contributed by atoms with Gasteiger partial charge in [-0.1, -0.05) is 12.1 Å². The minimum atomic E-state index is -3.64. The predicted octanol–water partition coefficient (Wildman–Crippen LogP) is 2.87. The smallest absolute Gasteiger partial charge is 0.253 e. The van der Waals surface area contributed by atoms with E-state index in [-0.39, 0.29) is 10.8 Å². The Morgan fingerprint density at radius 1 is 1.10 bits per heavy atom. The lowest BCUT2D eigenvalue weighted by molar-refractivity contribution is 0.0951. The van der Waals surface area contributed by atoms with Gasteiger partial charge in [0.1, 0.15) is 5.75 Å². The van der Waals surface area contributed by atoms with Crippen molar-refractivity contribution in [3.05, 3.63) is 53.6 Å². The number of hydrogen-bond donors (Lipinski definition) is 1. The molecule has 30 heavy (non-hydrogen) atoms. The molecule has 1 saturated heterocycles. The summed E-state index contributed by atoms with van der Waals surface area (Å²) in [5.74, 6) is 0.420. The molecule has 1 heterocycles. The van der Waals surface area contributed by atoms with Gasteiger partial charge < -0.3 is 15.0 Å². The molecule has 0 spiro atoms. The Bertz CT molecular complexity index is 999. The van der Waals surface area contributed by atoms with Crippen LogP contribution in [0.25, 0.3) is 0 Å². The monoisotopic (exact) mass is 431 g/mol. The van der Waals surface area contributed by atoms with Gasteiger partial charge in [-0.25, -0.2) is 12.7 Å². The third-order valence-electron chi connectivity index (χ3n) is 5.28. The number of rotatable bonds is 7. The first-order valence-electron chi connectivity index (χ1n) is 10.1. The second-order valence-electron chi connectivity index (χ2n) is 7.55. The van der Waals surface area contributed by atoms with Gasteiger partial charge in [0.25, 0.3) is 5.91 Å². The molecule has 1 fully saturated rings. The van der Waals surface area contributed by atoms with Crippen molar-refractivity contribution in [3.8, 4) is 5.75 Å². The third kappa shape index (κ3) is 4.94. The molecule has 0 unspecified atom stereocenters. The Kier molecular flexibility index (Phi) is 6.99. The quantitative estimate of drug-likeness (QED) is 0.729. The standard InChI is InChI=1S/C22H29N3O4S/c1-24(2)30(27,28)19-10-11-21(25-12-5-4-6-13-25)20(15-19)22(26)23-16-17-8-7-9-18(14-17)29-3/h7-11,14-15H,4-6,12-13,16H2,1-3H3,(H,23,26). The van der Waals surface area contributed by atoms with E-state index in [0.29, 0.717) is 12.1 Å². The van der Waals surface area contributed by atoms with Gasteiger partial charge in [0.05, 0.1) is 17.6 Å². The normalized spacial score (nSPS) is 14.6. The highest BCUT2D eigenvalue weighted by atomic mass is 32.2. The summed E-state index contributed by atoms with van der Waals surface area (Å²) in [5.41, 5.74) is 2.05. The van der Waals surface area contributed by atoms with Crippen molar-refractivity contribution < 1.29 is 17.9 Å². The molecule has 0 bridgehead atoms. The number of sulfonamides is 1. The molecule has 0 saturated carbocycles. The Morgan fingerprint density at radius 2 is 1.83 bits per heavy atom. The van der Waals surface area contributed by atoms with E-state index in [9.17, 15) is 13.2 Å². The lowest BCUT2D eigenvalue weighted by Gasteiger charge is -2.30. The van der Waals surface area contributed by atoms with Gasteiger partial charge in [0.2, 0.25) is 10.0 Å². The van der Waals surface area contributed by atoms with E-state index in [0.717, 1.165) is 47.2 Å². The van der Waals surface area contributed by atoms with Crippen LogP contribution in [-0.2, 0) is 16.6 Å². The maximum absolute atomic E-state index is 13.1. The number of benzene rings is 2. The zero-order valence-electron chi connectivity index (χ0n) is 17.7. The largest absolute Gasteiger partial charge is 0.497 e. The highest BCUT2D eigenvalue weighted by molar-refractivity contribution is 7.89. The van der Waals surface area contributed by atoms with Gasteiger partial charge in [-0.3, -0.25) is 4.79 Å². The first-order valence-corrected chi connectivity index (χ1v) is 11.5. The van der Waals surface area contributed by atoms with Gasteiger partial charge in [0, 0.05) is 39.4 Å². The van der Waals surface area contributed by atoms with Crippen LogP contribution < -0.4 is 15.0 Å². The summed E-state index contributed by atoms with van der Waals surface area (Å²) in [6.07, 6.45) is 3.28. The molecule has 0 aliphatic carbocycles. The number of methoxy groups -OCH3 is 1. The van der Waals surface area contributed by atoms with Crippen molar-refractivity contribution in [1.29, 1.82) is 0 Å². The van der Waals surface area contributed by atoms with Crippen LogP contribution in [0.1, 0.15) is 35.2 Å². The second kappa shape index (κ2) is 9.49. The number of amides is 1. The summed E-state index contributed by atoms with van der Waals surface area (Å²) in [6.45, 7) is 2.03. The number of anilines is 1. The molecular weight excluding hydrogens is 402 g/mol. The van der Waals surface area contributed by atoms with E-state index in [1.165, 1.54) is 26.6 Å². The molecule has 2 aromatic carbocycles. The van der Waals surface area contributed by atoms with Crippen LogP contribution in [0.2, 0.25) is 0 Å². The Hall–Kier alpha value is -2.58. The number of piperidine rings is 1. The van der Waals surface area contributed by atoms with Crippen molar-refractivity contribution in [3.63, 3.8) is 0 Å². The Labute approximate surface area is 178 Å². The third-order valence-corrected chi connectivity index (χ3v) is 7.09. The van der Waals surface area contributed by atoms with Crippen molar-refractivity contribution >= 4 is 21.6 Å². The van der Waals surface area contributed by atoms with Gasteiger partial charge >= 0.3 is 0 Å². The summed E-state index contributed by atoms with van der Waals surface area (Å²) in [4.78, 5) is 15.4. The molecule has 2 aromatic rings. The van der Waals surface area contributed by atoms with Crippen LogP contribution in [0.5, 0.6) is 5.75 Å². The van der Waals surface area contributed by atoms with Crippen molar-refractivity contribution in [2.45, 2.75) is 30.7 Å². The first kappa shape index (κ1) is 22.1. The van der Waals surface area contributed by atoms with Crippen LogP contribution in [0.15, 0.2) is 47.4 Å². The van der Waals surface area contributed by atoms with E-state index in [4.69, 9.17) is 4.74 Å². The molecule has 1 aliphatic rings. The SMILES string of the molecule is COc1cccc(CNC(=O)c2cc(S(=O)(=O)N(C)C)ccc2N2CCCCC2)c1. The highest BCUT2D eigenvalue weighted by Gasteiger charge is 2.24. The van der Waals surface area contributed by atoms with Crippen molar-refractivity contribution in [1.82, 2.24) is 9.62 Å². The average molecular weight is 432 g/mol. The Balaban J connectivity index is 1.91. The number of nitrogens with zero attached hydrogens (tertiary/aromatic N) is 2. The van der Waals surface area contributed by atoms with Crippen molar-refractivity contribution in [2.24, 2.45) is 0 Å². The first-order chi connectivity index (χ1) is 14.3. The van der Waals surface area contributed by atoms with Gasteiger partial charge in [-0.15, -0.1) is 0 Å². The summed E-state index contributed by atoms with van der Waals surface area (Å²) in [7, 11) is 0.923. The molecule has 3 rings (SSSR count). The molecule has 1 amide bonds. The molecular formula is C22H29N3O4S. The zero-order valence-corrected chi connectivity index (χ0v) is 18.5. The lowest BCUT2D eigenvalue weighted by atomic mass is 10.1. The van der Waals surface area contributed by atoms with Crippen LogP contribution in [0, 0.1) is 0 Å². The summed E-state index contributed by atoms with van der Waals surface area (Å²) in [5, 5.41) is 2.92. The number of hydrogen-bond acceptors (Lipinski definition) is 5. The van der Waals surface area contributed by atoms with E-state index in [1.807, 2.05) is 24.3 Å². The van der Waals surface area contributed by atoms with E-state index >= 15 is 0 Å². The number of nitrogens with one attached hydrogen (secondary N) is 1. The number of carbonyl (C=O) groups excluding carboxylic acids is 1. The molecule has 1 aliphatic heterocycles. The minimum Gasteiger partial charge on any atom is -0.497 e. The van der Waals surface area contributed by atoms with Gasteiger partial charge in [0.15, 0.2) is 0 Å². The zero-order chi connectivity index (χ0) is 21.7. The maximum atomic E-state index is 13.1. The molecule has 0 atom stereocenters. The van der Waals surface area contributed by atoms with Crippen molar-refractivity contribution in [2.75, 3.05) is 39.2 Å². The molecule has 162 valence electrons. The average Bonchev–Trinajstić information content (AvgIpc) is 2.77. The number of carbonyl (C=O) groups is 1. The van der Waals surface area contributed by atoms with E-state index in [2.05, 4.69) is 10.2 Å². The highest BCUT2D eigenvalue weighted by Crippen LogP contribution is 2.28. The topological polar surface area (TPSA) is 78.9 Å². The summed E-state index contributed by atoms with van der Waals surface area (Å²) in [6, 6.07) is 12.3. The fraction of sp³-hybridized carbons (Fsp3) is 0.409. The van der Waals surface area contributed by atoms with Gasteiger partial charge in [-0.05, 0) is 55.2 Å². The van der Waals surface area contributed by atoms with E-state index < -0.39 is 10.0 Å². The number of ether oxygens (including phenoxy) is 1. The molecule has 1 N–H and O–H groups in total. The minimum absolute atomic E-state index is 0.111. The van der Waals surface area contributed by atoms with Crippen LogP contribution in [0.3, 0.4) is 0 Å². The summed E-state index contributed by atoms with van der Waals surface area (Å²) < 4.78 is 31.6. The second-order valence-corrected chi connectivity index (χ2v) is 9.70. The van der Waals surface area contributed by atoms with Crippen LogP contribution >= 0.6 is 0 Å².